The minimum absolute atomic E-state index is 0.145. The first-order valence-corrected chi connectivity index (χ1v) is 6.92. The van der Waals surface area contributed by atoms with Crippen molar-refractivity contribution in [3.63, 3.8) is 0 Å². The lowest BCUT2D eigenvalue weighted by atomic mass is 10.1. The first-order chi connectivity index (χ1) is 9.79. The van der Waals surface area contributed by atoms with E-state index in [0.29, 0.717) is 5.88 Å². The summed E-state index contributed by atoms with van der Waals surface area (Å²) in [4.78, 5) is 7.43. The fraction of sp³-hybridized carbons (Fsp3) is 0.333. The second-order valence-corrected chi connectivity index (χ2v) is 4.93. The van der Waals surface area contributed by atoms with Gasteiger partial charge in [-0.2, -0.15) is 5.10 Å². The van der Waals surface area contributed by atoms with E-state index in [0.717, 1.165) is 35.0 Å². The molecule has 104 valence electrons. The van der Waals surface area contributed by atoms with E-state index in [1.165, 1.54) is 0 Å². The zero-order chi connectivity index (χ0) is 13.9. The van der Waals surface area contributed by atoms with Crippen LogP contribution in [0.2, 0.25) is 0 Å². The molecule has 5 heteroatoms. The number of hydrogen-bond donors (Lipinski definition) is 2. The summed E-state index contributed by atoms with van der Waals surface area (Å²) < 4.78 is 5.98. The molecule has 0 aliphatic heterocycles. The second-order valence-electron chi connectivity index (χ2n) is 4.93. The van der Waals surface area contributed by atoms with Gasteiger partial charge in [-0.3, -0.25) is 5.10 Å². The highest BCUT2D eigenvalue weighted by atomic mass is 16.5. The molecule has 3 rings (SSSR count). The summed E-state index contributed by atoms with van der Waals surface area (Å²) in [5.74, 6) is 0.647. The highest BCUT2D eigenvalue weighted by Crippen LogP contribution is 2.32. The predicted octanol–water partition coefficient (Wildman–Crippen LogP) is 3.52. The maximum atomic E-state index is 5.98. The van der Waals surface area contributed by atoms with Gasteiger partial charge in [-0.05, 0) is 25.5 Å². The molecule has 0 saturated carbocycles. The molecule has 0 spiro atoms. The van der Waals surface area contributed by atoms with E-state index >= 15 is 0 Å². The second kappa shape index (κ2) is 5.36. The summed E-state index contributed by atoms with van der Waals surface area (Å²) in [5, 5.41) is 8.36. The molecule has 0 fully saturated rings. The monoisotopic (exact) mass is 270 g/mol. The molecule has 0 aromatic carbocycles. The molecular weight excluding hydrogens is 252 g/mol. The fourth-order valence-electron chi connectivity index (χ4n) is 2.36. The van der Waals surface area contributed by atoms with Gasteiger partial charge in [0.25, 0.3) is 0 Å². The smallest absolute Gasteiger partial charge is 0.225 e. The predicted molar refractivity (Wildman–Crippen MR) is 78.7 cm³/mol. The Balaban J connectivity index is 2.06. The van der Waals surface area contributed by atoms with Gasteiger partial charge in [-0.1, -0.05) is 13.3 Å². The van der Waals surface area contributed by atoms with Gasteiger partial charge in [0.2, 0.25) is 5.88 Å². The topological polar surface area (TPSA) is 66.6 Å². The Morgan fingerprint density at radius 2 is 2.25 bits per heavy atom. The van der Waals surface area contributed by atoms with E-state index < -0.39 is 0 Å². The largest absolute Gasteiger partial charge is 0.474 e. The van der Waals surface area contributed by atoms with E-state index in [4.69, 9.17) is 4.74 Å². The van der Waals surface area contributed by atoms with Crippen LogP contribution in [0.5, 0.6) is 5.88 Å². The average molecular weight is 270 g/mol. The van der Waals surface area contributed by atoms with Crippen LogP contribution in [0.4, 0.5) is 0 Å². The van der Waals surface area contributed by atoms with E-state index in [1.54, 1.807) is 6.20 Å². The Kier molecular flexibility index (Phi) is 3.41. The van der Waals surface area contributed by atoms with Crippen LogP contribution in [0.3, 0.4) is 0 Å². The zero-order valence-electron chi connectivity index (χ0n) is 11.7. The van der Waals surface area contributed by atoms with Gasteiger partial charge >= 0.3 is 0 Å². The molecule has 1 unspecified atom stereocenters. The maximum Gasteiger partial charge on any atom is 0.225 e. The Morgan fingerprint density at radius 3 is 3.00 bits per heavy atom. The molecule has 3 aromatic heterocycles. The van der Waals surface area contributed by atoms with Crippen molar-refractivity contribution in [1.82, 2.24) is 20.2 Å². The summed E-state index contributed by atoms with van der Waals surface area (Å²) in [6.45, 7) is 4.22. The quantitative estimate of drug-likeness (QED) is 0.745. The van der Waals surface area contributed by atoms with Crippen molar-refractivity contribution in [3.05, 3.63) is 30.7 Å². The van der Waals surface area contributed by atoms with Gasteiger partial charge in [0.15, 0.2) is 0 Å². The molecule has 0 aliphatic carbocycles. The zero-order valence-corrected chi connectivity index (χ0v) is 11.7. The number of aromatic nitrogens is 4. The van der Waals surface area contributed by atoms with Crippen molar-refractivity contribution >= 4 is 10.9 Å². The number of pyridine rings is 1. The molecule has 1 atom stereocenters. The molecule has 3 heterocycles. The molecule has 0 aliphatic rings. The molecule has 0 saturated heterocycles. The molecular formula is C15H18N4O. The van der Waals surface area contributed by atoms with Crippen molar-refractivity contribution < 1.29 is 4.74 Å². The van der Waals surface area contributed by atoms with Crippen molar-refractivity contribution in [1.29, 1.82) is 0 Å². The van der Waals surface area contributed by atoms with Crippen molar-refractivity contribution in [2.24, 2.45) is 0 Å². The lowest BCUT2D eigenvalue weighted by Gasteiger charge is -2.13. The number of hydrogen-bond acceptors (Lipinski definition) is 3. The summed E-state index contributed by atoms with van der Waals surface area (Å²) >= 11 is 0. The van der Waals surface area contributed by atoms with Gasteiger partial charge in [0, 0.05) is 24.2 Å². The van der Waals surface area contributed by atoms with Crippen LogP contribution >= 0.6 is 0 Å². The number of ether oxygens (including phenoxy) is 1. The minimum Gasteiger partial charge on any atom is -0.474 e. The van der Waals surface area contributed by atoms with Crippen LogP contribution in [0.25, 0.3) is 22.2 Å². The van der Waals surface area contributed by atoms with Gasteiger partial charge in [-0.15, -0.1) is 0 Å². The Bertz CT molecular complexity index is 687. The minimum atomic E-state index is 0.145. The van der Waals surface area contributed by atoms with E-state index in [1.807, 2.05) is 24.5 Å². The third kappa shape index (κ3) is 2.27. The molecule has 20 heavy (non-hydrogen) atoms. The van der Waals surface area contributed by atoms with E-state index in [-0.39, 0.29) is 6.10 Å². The van der Waals surface area contributed by atoms with Crippen LogP contribution in [0, 0.1) is 0 Å². The first-order valence-electron chi connectivity index (χ1n) is 6.92. The molecule has 3 aromatic rings. The first kappa shape index (κ1) is 12.7. The third-order valence-corrected chi connectivity index (χ3v) is 3.32. The standard InChI is InChI=1S/C15H18N4O/c1-3-4-10(2)20-15-13-12(6-8-17-15)18-19-14(13)11-5-7-16-9-11/h5-10,16H,3-4H2,1-2H3,(H,18,19). The number of nitrogens with one attached hydrogen (secondary N) is 2. The third-order valence-electron chi connectivity index (χ3n) is 3.32. The number of aromatic amines is 2. The van der Waals surface area contributed by atoms with Crippen molar-refractivity contribution in [2.45, 2.75) is 32.8 Å². The summed E-state index contributed by atoms with van der Waals surface area (Å²) in [7, 11) is 0. The Labute approximate surface area is 117 Å². The van der Waals surface area contributed by atoms with Gasteiger partial charge in [-0.25, -0.2) is 4.98 Å². The highest BCUT2D eigenvalue weighted by molar-refractivity contribution is 5.96. The molecule has 0 amide bonds. The van der Waals surface area contributed by atoms with Crippen LogP contribution in [-0.4, -0.2) is 26.3 Å². The van der Waals surface area contributed by atoms with Crippen LogP contribution in [0.15, 0.2) is 30.7 Å². The van der Waals surface area contributed by atoms with Gasteiger partial charge < -0.3 is 9.72 Å². The highest BCUT2D eigenvalue weighted by Gasteiger charge is 2.16. The van der Waals surface area contributed by atoms with Gasteiger partial charge in [0.05, 0.1) is 17.0 Å². The normalized spacial score (nSPS) is 12.7. The molecule has 5 nitrogen and oxygen atoms in total. The van der Waals surface area contributed by atoms with Gasteiger partial charge in [0.1, 0.15) is 5.69 Å². The van der Waals surface area contributed by atoms with Crippen LogP contribution < -0.4 is 4.74 Å². The number of rotatable bonds is 5. The van der Waals surface area contributed by atoms with Crippen LogP contribution in [0.1, 0.15) is 26.7 Å². The Hall–Kier alpha value is -2.30. The fourth-order valence-corrected chi connectivity index (χ4v) is 2.36. The summed E-state index contributed by atoms with van der Waals surface area (Å²) in [6.07, 6.45) is 7.79. The SMILES string of the molecule is CCCC(C)Oc1nccc2[nH]nc(-c3cc[nH]c3)c12. The number of fused-ring (bicyclic) bond motifs is 1. The molecule has 2 N–H and O–H groups in total. The molecule has 0 bridgehead atoms. The summed E-state index contributed by atoms with van der Waals surface area (Å²) in [6, 6.07) is 3.90. The number of nitrogens with zero attached hydrogens (tertiary/aromatic N) is 2. The summed E-state index contributed by atoms with van der Waals surface area (Å²) in [5.41, 5.74) is 2.83. The lowest BCUT2D eigenvalue weighted by Crippen LogP contribution is -2.12. The average Bonchev–Trinajstić information content (AvgIpc) is 3.07. The van der Waals surface area contributed by atoms with Crippen LogP contribution in [-0.2, 0) is 0 Å². The van der Waals surface area contributed by atoms with E-state index in [9.17, 15) is 0 Å². The van der Waals surface area contributed by atoms with Crippen molar-refractivity contribution in [2.75, 3.05) is 0 Å². The maximum absolute atomic E-state index is 5.98. The number of H-pyrrole nitrogens is 2. The lowest BCUT2D eigenvalue weighted by molar-refractivity contribution is 0.204. The molecule has 0 radical (unpaired) electrons. The van der Waals surface area contributed by atoms with E-state index in [2.05, 4.69) is 34.0 Å². The Morgan fingerprint density at radius 1 is 1.35 bits per heavy atom. The van der Waals surface area contributed by atoms with Crippen molar-refractivity contribution in [3.8, 4) is 17.1 Å².